The minimum Gasteiger partial charge on any atom is -0.444 e. The van der Waals surface area contributed by atoms with Crippen LogP contribution in [-0.2, 0) is 32.4 Å². The molecule has 2 amide bonds. The van der Waals surface area contributed by atoms with Crippen molar-refractivity contribution in [2.45, 2.75) is 146 Å². The maximum Gasteiger partial charge on any atom is 0.410 e. The third kappa shape index (κ3) is 17.7. The van der Waals surface area contributed by atoms with Crippen molar-refractivity contribution in [1.29, 1.82) is 0 Å². The molecule has 1 aliphatic heterocycles. The first-order valence-electron chi connectivity index (χ1n) is 23.1. The Bertz CT molecular complexity index is 2440. The molecule has 2 aromatic heterocycles. The molecule has 1 aliphatic rings. The second-order valence-electron chi connectivity index (χ2n) is 19.7. The smallest absolute Gasteiger partial charge is 0.410 e. The third-order valence-electron chi connectivity index (χ3n) is 11.4. The van der Waals surface area contributed by atoms with Crippen LogP contribution in [0.4, 0.5) is 9.59 Å². The minimum absolute atomic E-state index is 0. The van der Waals surface area contributed by atoms with E-state index in [0.717, 1.165) is 22.5 Å². The monoisotopic (exact) mass is 1030 g/mol. The molecule has 0 unspecified atom stereocenters. The number of alkyl halides is 2. The second kappa shape index (κ2) is 28.4. The van der Waals surface area contributed by atoms with Crippen molar-refractivity contribution < 1.29 is 19.1 Å². The number of likely N-dealkylation sites (tertiary alicyclic amines) is 1. The zero-order valence-corrected chi connectivity index (χ0v) is 42.8. The number of nitrogens with zero attached hydrogens (tertiary/aromatic N) is 10. The largest absolute Gasteiger partial charge is 0.444 e. The van der Waals surface area contributed by atoms with Gasteiger partial charge in [0, 0.05) is 44.4 Å². The molecule has 0 aliphatic carbocycles. The van der Waals surface area contributed by atoms with E-state index in [9.17, 15) is 9.59 Å². The summed E-state index contributed by atoms with van der Waals surface area (Å²) in [4.78, 5) is 30.9. The van der Waals surface area contributed by atoms with Crippen LogP contribution in [0.25, 0.3) is 0 Å². The van der Waals surface area contributed by atoms with Crippen LogP contribution < -0.4 is 0 Å². The highest BCUT2D eigenvalue weighted by molar-refractivity contribution is 6.18. The summed E-state index contributed by atoms with van der Waals surface area (Å²) in [6, 6.07) is 40.9. The zero-order chi connectivity index (χ0) is 49.6. The number of ether oxygens (including phenoxy) is 2. The van der Waals surface area contributed by atoms with Crippen LogP contribution in [0.3, 0.4) is 0 Å². The van der Waals surface area contributed by atoms with Gasteiger partial charge in [0.15, 0.2) is 11.6 Å². The summed E-state index contributed by atoms with van der Waals surface area (Å²) in [5.41, 5.74) is 2.44. The lowest BCUT2D eigenvalue weighted by atomic mass is 9.72. The molecule has 72 heavy (non-hydrogen) atoms. The lowest BCUT2D eigenvalue weighted by Crippen LogP contribution is -2.47. The van der Waals surface area contributed by atoms with Gasteiger partial charge in [-0.05, 0) is 115 Å². The SMILES string of the molecule is C.C.C.C.CC(C)(C)OC(=O)N(CCCl)CCCl.CC(C)(C)OC(=O)N1CCC(c2ccccc2)(c2nnn(C(C)(C)c3ccccc3)n2)CC1.CC(C)(c1ccccc1)n1nnc(Cc2ccccc2)n1. The van der Waals surface area contributed by atoms with Gasteiger partial charge in [0.05, 0.1) is 5.41 Å². The Hall–Kier alpha value is -5.86. The van der Waals surface area contributed by atoms with Crippen LogP contribution in [0, 0.1) is 0 Å². The summed E-state index contributed by atoms with van der Waals surface area (Å²) in [6.07, 6.45) is 1.47. The predicted octanol–water partition coefficient (Wildman–Crippen LogP) is 13.1. The normalized spacial score (nSPS) is 13.1. The summed E-state index contributed by atoms with van der Waals surface area (Å²) in [7, 11) is 0. The minimum atomic E-state index is -0.516. The van der Waals surface area contributed by atoms with E-state index in [-0.39, 0.29) is 47.4 Å². The molecule has 0 bridgehead atoms. The molecule has 1 fully saturated rings. The van der Waals surface area contributed by atoms with E-state index in [4.69, 9.17) is 37.8 Å². The molecule has 0 N–H and O–H groups in total. The highest BCUT2D eigenvalue weighted by Crippen LogP contribution is 2.40. The Morgan fingerprint density at radius 2 is 1.00 bits per heavy atom. The number of piperidine rings is 1. The summed E-state index contributed by atoms with van der Waals surface area (Å²) in [5.74, 6) is 2.21. The Morgan fingerprint density at radius 3 is 1.44 bits per heavy atom. The van der Waals surface area contributed by atoms with Gasteiger partial charge in [0.1, 0.15) is 22.3 Å². The van der Waals surface area contributed by atoms with Crippen molar-refractivity contribution in [2.75, 3.05) is 37.9 Å². The number of benzene rings is 4. The molecule has 0 atom stereocenters. The van der Waals surface area contributed by atoms with Gasteiger partial charge in [0.2, 0.25) is 0 Å². The van der Waals surface area contributed by atoms with E-state index in [1.807, 2.05) is 114 Å². The Morgan fingerprint density at radius 1 is 0.583 bits per heavy atom. The average molecular weight is 1030 g/mol. The molecule has 0 radical (unpaired) electrons. The van der Waals surface area contributed by atoms with Crippen molar-refractivity contribution in [3.8, 4) is 0 Å². The number of hydrogen-bond donors (Lipinski definition) is 0. The molecule has 0 saturated carbocycles. The van der Waals surface area contributed by atoms with Crippen LogP contribution >= 0.6 is 23.2 Å². The van der Waals surface area contributed by atoms with Crippen molar-refractivity contribution in [3.63, 3.8) is 0 Å². The molecule has 1 saturated heterocycles. The first-order valence-corrected chi connectivity index (χ1v) is 24.1. The molecule has 14 nitrogen and oxygen atoms in total. The molecule has 0 spiro atoms. The highest BCUT2D eigenvalue weighted by atomic mass is 35.5. The van der Waals surface area contributed by atoms with Gasteiger partial charge < -0.3 is 19.3 Å². The topological polar surface area (TPSA) is 146 Å². The lowest BCUT2D eigenvalue weighted by molar-refractivity contribution is 0.0175. The average Bonchev–Trinajstić information content (AvgIpc) is 4.02. The van der Waals surface area contributed by atoms with Crippen molar-refractivity contribution in [3.05, 3.63) is 155 Å². The predicted molar refractivity (Wildman–Crippen MR) is 295 cm³/mol. The Balaban J connectivity index is 0.000000575. The fraction of sp³-hybridized carbons (Fsp3) is 0.500. The maximum absolute atomic E-state index is 12.6. The van der Waals surface area contributed by atoms with E-state index in [2.05, 4.69) is 102 Å². The molecule has 4 aromatic carbocycles. The third-order valence-corrected chi connectivity index (χ3v) is 11.8. The van der Waals surface area contributed by atoms with Gasteiger partial charge in [-0.15, -0.1) is 43.6 Å². The van der Waals surface area contributed by atoms with Gasteiger partial charge in [-0.3, -0.25) is 0 Å². The van der Waals surface area contributed by atoms with Gasteiger partial charge >= 0.3 is 12.2 Å². The van der Waals surface area contributed by atoms with Gasteiger partial charge in [-0.2, -0.15) is 9.59 Å². The quantitative estimate of drug-likeness (QED) is 0.109. The second-order valence-corrected chi connectivity index (χ2v) is 20.4. The number of aromatic nitrogens is 8. The Labute approximate surface area is 441 Å². The molecule has 7 rings (SSSR count). The van der Waals surface area contributed by atoms with E-state index in [1.165, 1.54) is 10.5 Å². The van der Waals surface area contributed by atoms with E-state index in [0.29, 0.717) is 63.0 Å². The number of halogens is 2. The first-order chi connectivity index (χ1) is 32.2. The number of hydrogen-bond acceptors (Lipinski definition) is 10. The molecule has 6 aromatic rings. The van der Waals surface area contributed by atoms with Gasteiger partial charge in [-0.1, -0.05) is 151 Å². The van der Waals surface area contributed by atoms with Crippen LogP contribution in [-0.4, -0.2) is 112 Å². The van der Waals surface area contributed by atoms with Gasteiger partial charge in [-0.25, -0.2) is 9.59 Å². The zero-order valence-electron chi connectivity index (χ0n) is 41.3. The summed E-state index contributed by atoms with van der Waals surface area (Å²) >= 11 is 11.1. The fourth-order valence-corrected chi connectivity index (χ4v) is 7.92. The van der Waals surface area contributed by atoms with E-state index >= 15 is 0 Å². The number of amides is 2. The van der Waals surface area contributed by atoms with Crippen molar-refractivity contribution in [1.82, 2.24) is 50.2 Å². The molecular formula is C56H84Cl2N10O4. The van der Waals surface area contributed by atoms with Crippen LogP contribution in [0.5, 0.6) is 0 Å². The van der Waals surface area contributed by atoms with Crippen molar-refractivity contribution in [2.24, 2.45) is 0 Å². The summed E-state index contributed by atoms with van der Waals surface area (Å²) in [5, 5.41) is 26.9. The Kier molecular flexibility index (Phi) is 25.3. The lowest BCUT2D eigenvalue weighted by Gasteiger charge is -2.40. The number of carbonyl (C=O) groups is 2. The fourth-order valence-electron chi connectivity index (χ4n) is 7.52. The molecule has 3 heterocycles. The number of tetrazole rings is 2. The standard InChI is InChI=1S/C26H33N5O2.C17H18N4.C9H17Cl2NO2.4CH4/c1-24(2,3)33-23(32)30-18-16-26(17-19-30,21-14-10-7-11-15-21)22-27-29-31(28-22)25(4,5)20-12-8-6-9-13-20;1-17(2,15-11-7-4-8-12-15)21-19-16(18-20-21)13-14-9-5-3-6-10-14;1-9(2,3)14-8(13)12(6-4-10)7-5-11;;;;/h6-15H,16-19H2,1-5H3;3-12H,13H2,1-2H3;4-7H2,1-3H3;4*1H4. The first kappa shape index (κ1) is 64.2. The van der Waals surface area contributed by atoms with E-state index in [1.54, 1.807) is 14.5 Å². The maximum atomic E-state index is 12.6. The molecular weight excluding hydrogens is 948 g/mol. The van der Waals surface area contributed by atoms with Crippen LogP contribution in [0.1, 0.15) is 146 Å². The van der Waals surface area contributed by atoms with Gasteiger partial charge in [0.25, 0.3) is 0 Å². The van der Waals surface area contributed by atoms with Crippen LogP contribution in [0.15, 0.2) is 121 Å². The number of carbonyl (C=O) groups excluding carboxylic acids is 2. The molecule has 16 heteroatoms. The summed E-state index contributed by atoms with van der Waals surface area (Å²) < 4.78 is 10.8. The highest BCUT2D eigenvalue weighted by Gasteiger charge is 2.44. The van der Waals surface area contributed by atoms with Crippen LogP contribution in [0.2, 0.25) is 0 Å². The van der Waals surface area contributed by atoms with E-state index < -0.39 is 22.2 Å². The van der Waals surface area contributed by atoms with Crippen molar-refractivity contribution >= 4 is 35.4 Å². The summed E-state index contributed by atoms with van der Waals surface area (Å²) in [6.45, 7) is 21.6. The number of rotatable bonds is 12. The molecule has 396 valence electrons.